The molecule has 372 valence electrons. The summed E-state index contributed by atoms with van der Waals surface area (Å²) in [6.07, 6.45) is 3.76. The average Bonchev–Trinajstić information content (AvgIpc) is 4.03. The standard InChI is InChI=1S/C70H62BN3O2/c1-68(2,3)50-27-31-52(32-28-50)73-63-39-49-44-75-43-48(49)38-61(63)71-60-36-35-55(40-64(60)74(53-33-29-51(30-34-53)69(4,5)6)66-42-56(76-70(7,8)9)41-65(73)67(66)71)72(62-26-16-20-46-18-11-13-24-59(46)62)54-22-14-21-47(37-54)58-25-15-19-45-17-10-12-23-57(45)58/h10-44H,1-9H3. The van der Waals surface area contributed by atoms with Crippen LogP contribution in [0.1, 0.15) is 73.4 Å². The molecule has 1 aromatic heterocycles. The number of benzene rings is 10. The minimum absolute atomic E-state index is 0.000391. The Morgan fingerprint density at radius 2 is 0.974 bits per heavy atom. The van der Waals surface area contributed by atoms with E-state index in [0.717, 1.165) is 73.3 Å². The van der Waals surface area contributed by atoms with Crippen LogP contribution in [0.15, 0.2) is 217 Å². The Morgan fingerprint density at radius 3 is 1.61 bits per heavy atom. The smallest absolute Gasteiger partial charge is 0.252 e. The molecule has 0 radical (unpaired) electrons. The second-order valence-corrected chi connectivity index (χ2v) is 23.9. The Hall–Kier alpha value is -8.48. The highest BCUT2D eigenvalue weighted by Gasteiger charge is 2.45. The van der Waals surface area contributed by atoms with Crippen molar-refractivity contribution in [1.29, 1.82) is 0 Å². The van der Waals surface area contributed by atoms with Gasteiger partial charge in [-0.3, -0.25) is 0 Å². The molecule has 0 fully saturated rings. The summed E-state index contributed by atoms with van der Waals surface area (Å²) in [5.74, 6) is 0.808. The van der Waals surface area contributed by atoms with E-state index in [0.29, 0.717) is 0 Å². The first kappa shape index (κ1) is 47.3. The van der Waals surface area contributed by atoms with Gasteiger partial charge in [-0.15, -0.1) is 0 Å². The lowest BCUT2D eigenvalue weighted by Gasteiger charge is -2.45. The first-order valence-electron chi connectivity index (χ1n) is 26.7. The molecule has 13 rings (SSSR count). The van der Waals surface area contributed by atoms with Crippen LogP contribution in [-0.2, 0) is 10.8 Å². The first-order chi connectivity index (χ1) is 36.6. The number of furan rings is 1. The van der Waals surface area contributed by atoms with Crippen molar-refractivity contribution in [2.45, 2.75) is 78.7 Å². The normalized spacial score (nSPS) is 13.2. The van der Waals surface area contributed by atoms with Gasteiger partial charge in [-0.05, 0) is 147 Å². The Balaban J connectivity index is 1.10. The number of rotatable bonds is 7. The predicted molar refractivity (Wildman–Crippen MR) is 323 cm³/mol. The third-order valence-electron chi connectivity index (χ3n) is 15.5. The molecule has 0 spiro atoms. The molecule has 0 amide bonds. The molecule has 0 saturated heterocycles. The summed E-state index contributed by atoms with van der Waals surface area (Å²) in [6.45, 7) is 20.0. The van der Waals surface area contributed by atoms with Gasteiger partial charge in [0, 0.05) is 73.8 Å². The fourth-order valence-corrected chi connectivity index (χ4v) is 11.9. The van der Waals surface area contributed by atoms with Gasteiger partial charge < -0.3 is 23.9 Å². The molecule has 3 heterocycles. The van der Waals surface area contributed by atoms with Gasteiger partial charge in [0.15, 0.2) is 0 Å². The fourth-order valence-electron chi connectivity index (χ4n) is 11.9. The average molecular weight is 988 g/mol. The molecule has 0 atom stereocenters. The van der Waals surface area contributed by atoms with Crippen LogP contribution in [0.25, 0.3) is 43.4 Å². The van der Waals surface area contributed by atoms with E-state index < -0.39 is 5.60 Å². The number of hydrogen-bond donors (Lipinski definition) is 0. The van der Waals surface area contributed by atoms with Crippen LogP contribution >= 0.6 is 0 Å². The molecular weight excluding hydrogens is 926 g/mol. The second kappa shape index (κ2) is 17.6. The highest BCUT2D eigenvalue weighted by atomic mass is 16.5. The second-order valence-electron chi connectivity index (χ2n) is 23.9. The Bertz CT molecular complexity index is 4050. The van der Waals surface area contributed by atoms with Crippen LogP contribution in [-0.4, -0.2) is 12.3 Å². The van der Waals surface area contributed by atoms with Gasteiger partial charge in [0.25, 0.3) is 6.71 Å². The van der Waals surface area contributed by atoms with Crippen LogP contribution in [0.3, 0.4) is 0 Å². The van der Waals surface area contributed by atoms with Gasteiger partial charge in [0.05, 0.1) is 18.2 Å². The van der Waals surface area contributed by atoms with Crippen molar-refractivity contribution in [3.63, 3.8) is 0 Å². The molecule has 2 aliphatic rings. The Labute approximate surface area is 447 Å². The molecule has 6 heteroatoms. The van der Waals surface area contributed by atoms with Gasteiger partial charge in [-0.2, -0.15) is 0 Å². The number of fused-ring (bicyclic) bond motifs is 7. The zero-order chi connectivity index (χ0) is 52.3. The zero-order valence-electron chi connectivity index (χ0n) is 44.9. The maximum atomic E-state index is 7.02. The maximum absolute atomic E-state index is 7.02. The van der Waals surface area contributed by atoms with Gasteiger partial charge in [0.2, 0.25) is 0 Å². The molecule has 11 aromatic rings. The lowest BCUT2D eigenvalue weighted by Crippen LogP contribution is -2.61. The molecule has 0 N–H and O–H groups in total. The number of ether oxygens (including phenoxy) is 1. The summed E-state index contributed by atoms with van der Waals surface area (Å²) in [6, 6.07) is 74.6. The largest absolute Gasteiger partial charge is 0.488 e. The van der Waals surface area contributed by atoms with Gasteiger partial charge in [-0.1, -0.05) is 169 Å². The minimum Gasteiger partial charge on any atom is -0.488 e. The summed E-state index contributed by atoms with van der Waals surface area (Å²) in [5, 5.41) is 6.95. The number of nitrogens with zero attached hydrogens (tertiary/aromatic N) is 3. The van der Waals surface area contributed by atoms with E-state index in [2.05, 4.69) is 277 Å². The van der Waals surface area contributed by atoms with E-state index in [9.17, 15) is 0 Å². The summed E-state index contributed by atoms with van der Waals surface area (Å²) >= 11 is 0. The van der Waals surface area contributed by atoms with Gasteiger partial charge in [-0.25, -0.2) is 0 Å². The lowest BCUT2D eigenvalue weighted by atomic mass is 9.33. The number of hydrogen-bond acceptors (Lipinski definition) is 5. The summed E-state index contributed by atoms with van der Waals surface area (Å²) in [7, 11) is 0. The number of anilines is 9. The molecule has 10 aromatic carbocycles. The quantitative estimate of drug-likeness (QED) is 0.149. The van der Waals surface area contributed by atoms with Crippen molar-refractivity contribution in [2.24, 2.45) is 0 Å². The van der Waals surface area contributed by atoms with E-state index in [-0.39, 0.29) is 17.5 Å². The lowest BCUT2D eigenvalue weighted by molar-refractivity contribution is 0.131. The van der Waals surface area contributed by atoms with Crippen LogP contribution < -0.4 is 35.8 Å². The monoisotopic (exact) mass is 987 g/mol. The van der Waals surface area contributed by atoms with Gasteiger partial charge >= 0.3 is 0 Å². The molecular formula is C70H62BN3O2. The van der Waals surface area contributed by atoms with Crippen molar-refractivity contribution in [1.82, 2.24) is 0 Å². The maximum Gasteiger partial charge on any atom is 0.252 e. The molecule has 5 nitrogen and oxygen atoms in total. The molecule has 0 bridgehead atoms. The third kappa shape index (κ3) is 8.10. The minimum atomic E-state index is -0.465. The van der Waals surface area contributed by atoms with Crippen LogP contribution in [0, 0.1) is 0 Å². The van der Waals surface area contributed by atoms with Crippen molar-refractivity contribution in [3.8, 4) is 16.9 Å². The molecule has 2 aliphatic heterocycles. The van der Waals surface area contributed by atoms with Crippen LogP contribution in [0.4, 0.5) is 51.2 Å². The summed E-state index contributed by atoms with van der Waals surface area (Å²) < 4.78 is 13.0. The predicted octanol–water partition coefficient (Wildman–Crippen LogP) is 17.7. The van der Waals surface area contributed by atoms with Crippen molar-refractivity contribution in [3.05, 3.63) is 224 Å². The van der Waals surface area contributed by atoms with E-state index in [1.54, 1.807) is 0 Å². The topological polar surface area (TPSA) is 32.1 Å². The Morgan fingerprint density at radius 1 is 0.434 bits per heavy atom. The van der Waals surface area contributed by atoms with Gasteiger partial charge in [0.1, 0.15) is 11.4 Å². The van der Waals surface area contributed by atoms with E-state index in [4.69, 9.17) is 9.15 Å². The first-order valence-corrected chi connectivity index (χ1v) is 26.7. The Kier molecular flexibility index (Phi) is 10.9. The SMILES string of the molecule is CC(C)(C)Oc1cc2c3c(c1)N(c1ccc(C(C)(C)C)cc1)c1cc4cocc4cc1B3c1ccc(N(c3cccc(-c4cccc5ccccc45)c3)c3cccc4ccccc34)cc1N2c1ccc(C(C)(C)C)cc1. The molecule has 0 unspecified atom stereocenters. The third-order valence-corrected chi connectivity index (χ3v) is 15.5. The van der Waals surface area contributed by atoms with Crippen LogP contribution in [0.5, 0.6) is 5.75 Å². The summed E-state index contributed by atoms with van der Waals surface area (Å²) in [4.78, 5) is 7.43. The molecule has 0 aliphatic carbocycles. The zero-order valence-corrected chi connectivity index (χ0v) is 44.9. The highest BCUT2D eigenvalue weighted by Crippen LogP contribution is 2.50. The molecule has 0 saturated carbocycles. The molecule has 76 heavy (non-hydrogen) atoms. The van der Waals surface area contributed by atoms with E-state index in [1.807, 2.05) is 12.5 Å². The van der Waals surface area contributed by atoms with Crippen molar-refractivity contribution in [2.75, 3.05) is 14.7 Å². The van der Waals surface area contributed by atoms with E-state index in [1.165, 1.54) is 54.6 Å². The summed E-state index contributed by atoms with van der Waals surface area (Å²) in [5.41, 5.74) is 17.9. The van der Waals surface area contributed by atoms with E-state index >= 15 is 0 Å². The van der Waals surface area contributed by atoms with Crippen molar-refractivity contribution >= 4 is 107 Å². The fraction of sp³-hybridized carbons (Fsp3) is 0.171. The highest BCUT2D eigenvalue weighted by molar-refractivity contribution is 7.00. The van der Waals surface area contributed by atoms with Crippen molar-refractivity contribution < 1.29 is 9.15 Å². The van der Waals surface area contributed by atoms with Crippen LogP contribution in [0.2, 0.25) is 0 Å².